The minimum atomic E-state index is -0.424. The topological polar surface area (TPSA) is 98.4 Å². The Balaban J connectivity index is 1.47. The Morgan fingerprint density at radius 3 is 2.53 bits per heavy atom. The maximum atomic E-state index is 12.6. The largest absolute Gasteiger partial charge is 0.493 e. The number of carbonyl (C=O) groups excluding carboxylic acids is 1. The minimum Gasteiger partial charge on any atom is -0.493 e. The first-order valence-corrected chi connectivity index (χ1v) is 10.2. The molecule has 2 fully saturated rings. The van der Waals surface area contributed by atoms with Gasteiger partial charge in [-0.2, -0.15) is 10.5 Å². The number of ether oxygens (including phenoxy) is 2. The molecule has 1 saturated carbocycles. The Labute approximate surface area is 177 Å². The molecule has 1 N–H and O–H groups in total. The molecule has 3 rings (SSSR count). The zero-order chi connectivity index (χ0) is 21.5. The van der Waals surface area contributed by atoms with Crippen LogP contribution in [0.15, 0.2) is 18.2 Å². The maximum absolute atomic E-state index is 12.6. The van der Waals surface area contributed by atoms with Crippen molar-refractivity contribution in [3.8, 4) is 36.0 Å². The van der Waals surface area contributed by atoms with E-state index in [9.17, 15) is 10.1 Å². The van der Waals surface area contributed by atoms with Crippen LogP contribution in [-0.4, -0.2) is 48.7 Å². The number of likely N-dealkylation sites (tertiary alicyclic amines) is 1. The van der Waals surface area contributed by atoms with Crippen LogP contribution in [0.1, 0.15) is 44.1 Å². The van der Waals surface area contributed by atoms with Crippen molar-refractivity contribution in [2.45, 2.75) is 62.8 Å². The number of nitrogens with one attached hydrogen (secondary N) is 1. The second-order valence-electron chi connectivity index (χ2n) is 7.66. The van der Waals surface area contributed by atoms with Crippen molar-refractivity contribution in [3.63, 3.8) is 0 Å². The number of nitriles is 2. The molecule has 0 bridgehead atoms. The Kier molecular flexibility index (Phi) is 7.17. The average molecular weight is 406 g/mol. The molecular weight excluding hydrogens is 380 g/mol. The third kappa shape index (κ3) is 4.85. The number of methoxy groups -OCH3 is 1. The van der Waals surface area contributed by atoms with Gasteiger partial charge in [0.05, 0.1) is 43.5 Å². The molecule has 30 heavy (non-hydrogen) atoms. The first kappa shape index (κ1) is 21.5. The van der Waals surface area contributed by atoms with Gasteiger partial charge in [0.25, 0.3) is 0 Å². The summed E-state index contributed by atoms with van der Waals surface area (Å²) < 4.78 is 11.4. The SMILES string of the molecule is C#CC1CCC(C#N)N1C(=O)CNC1CCC(Oc2ccc(C#N)cc2OC)CC1. The second-order valence-corrected chi connectivity index (χ2v) is 7.66. The average Bonchev–Trinajstić information content (AvgIpc) is 3.22. The number of hydrogen-bond donors (Lipinski definition) is 1. The predicted octanol–water partition coefficient (Wildman–Crippen LogP) is 2.36. The normalized spacial score (nSPS) is 25.6. The molecule has 7 nitrogen and oxygen atoms in total. The van der Waals surface area contributed by atoms with Gasteiger partial charge in [-0.3, -0.25) is 4.79 Å². The fourth-order valence-electron chi connectivity index (χ4n) is 4.17. The third-order valence-electron chi connectivity index (χ3n) is 5.82. The van der Waals surface area contributed by atoms with E-state index in [4.69, 9.17) is 21.2 Å². The lowest BCUT2D eigenvalue weighted by atomic mass is 9.93. The van der Waals surface area contributed by atoms with Gasteiger partial charge >= 0.3 is 0 Å². The quantitative estimate of drug-likeness (QED) is 0.728. The van der Waals surface area contributed by atoms with Crippen LogP contribution in [0.25, 0.3) is 0 Å². The first-order valence-electron chi connectivity index (χ1n) is 10.2. The zero-order valence-corrected chi connectivity index (χ0v) is 17.1. The Morgan fingerprint density at radius 1 is 1.17 bits per heavy atom. The summed E-state index contributed by atoms with van der Waals surface area (Å²) in [5.41, 5.74) is 0.528. The van der Waals surface area contributed by atoms with Crippen molar-refractivity contribution in [3.05, 3.63) is 23.8 Å². The first-order chi connectivity index (χ1) is 14.6. The Bertz CT molecular complexity index is 865. The highest BCUT2D eigenvalue weighted by Crippen LogP contribution is 2.32. The van der Waals surface area contributed by atoms with Crippen LogP contribution in [0, 0.1) is 35.0 Å². The van der Waals surface area contributed by atoms with Crippen LogP contribution in [0.4, 0.5) is 0 Å². The summed E-state index contributed by atoms with van der Waals surface area (Å²) >= 11 is 0. The van der Waals surface area contributed by atoms with Crippen LogP contribution >= 0.6 is 0 Å². The van der Waals surface area contributed by atoms with Gasteiger partial charge in [0.15, 0.2) is 11.5 Å². The molecule has 0 radical (unpaired) electrons. The Hall–Kier alpha value is -3.21. The minimum absolute atomic E-state index is 0.0629. The lowest BCUT2D eigenvalue weighted by Crippen LogP contribution is -2.47. The van der Waals surface area contributed by atoms with E-state index in [1.807, 2.05) is 0 Å². The van der Waals surface area contributed by atoms with Gasteiger partial charge in [-0.05, 0) is 50.7 Å². The van der Waals surface area contributed by atoms with Crippen LogP contribution in [0.2, 0.25) is 0 Å². The predicted molar refractivity (Wildman–Crippen MR) is 110 cm³/mol. The van der Waals surface area contributed by atoms with Gasteiger partial charge in [0, 0.05) is 12.1 Å². The molecule has 156 valence electrons. The summed E-state index contributed by atoms with van der Waals surface area (Å²) in [6.45, 7) is 0.190. The van der Waals surface area contributed by atoms with E-state index >= 15 is 0 Å². The van der Waals surface area contributed by atoms with Crippen LogP contribution in [0.3, 0.4) is 0 Å². The molecule has 1 aliphatic carbocycles. The van der Waals surface area contributed by atoms with Gasteiger partial charge in [-0.1, -0.05) is 5.92 Å². The summed E-state index contributed by atoms with van der Waals surface area (Å²) in [6.07, 6.45) is 10.4. The molecule has 1 aliphatic heterocycles. The number of nitrogens with zero attached hydrogens (tertiary/aromatic N) is 3. The van der Waals surface area contributed by atoms with Crippen LogP contribution in [0.5, 0.6) is 11.5 Å². The van der Waals surface area contributed by atoms with Crippen molar-refractivity contribution >= 4 is 5.91 Å². The molecule has 0 spiro atoms. The molecule has 0 aromatic heterocycles. The molecule has 2 atom stereocenters. The summed E-state index contributed by atoms with van der Waals surface area (Å²) in [5.74, 6) is 3.71. The van der Waals surface area contributed by atoms with E-state index in [2.05, 4.69) is 23.4 Å². The number of rotatable bonds is 6. The van der Waals surface area contributed by atoms with Crippen molar-refractivity contribution < 1.29 is 14.3 Å². The molecule has 1 aromatic carbocycles. The molecule has 1 amide bonds. The maximum Gasteiger partial charge on any atom is 0.238 e. The molecule has 2 unspecified atom stereocenters. The van der Waals surface area contributed by atoms with Crippen molar-refractivity contribution in [2.24, 2.45) is 0 Å². The van der Waals surface area contributed by atoms with Crippen molar-refractivity contribution in [2.75, 3.05) is 13.7 Å². The summed E-state index contributed by atoms with van der Waals surface area (Å²) in [6, 6.07) is 8.94. The highest BCUT2D eigenvalue weighted by Gasteiger charge is 2.36. The fraction of sp³-hybridized carbons (Fsp3) is 0.522. The highest BCUT2D eigenvalue weighted by molar-refractivity contribution is 5.80. The molecular formula is C23H26N4O3. The van der Waals surface area contributed by atoms with Crippen LogP contribution < -0.4 is 14.8 Å². The van der Waals surface area contributed by atoms with Gasteiger partial charge in [0.1, 0.15) is 6.04 Å². The van der Waals surface area contributed by atoms with Crippen molar-refractivity contribution in [1.29, 1.82) is 10.5 Å². The summed E-state index contributed by atoms with van der Waals surface area (Å²) in [5, 5.41) is 21.6. The molecule has 2 aliphatic rings. The molecule has 7 heteroatoms. The van der Waals surface area contributed by atoms with E-state index in [1.54, 1.807) is 30.2 Å². The van der Waals surface area contributed by atoms with Crippen LogP contribution in [-0.2, 0) is 4.79 Å². The number of hydrogen-bond acceptors (Lipinski definition) is 6. The van der Waals surface area contributed by atoms with E-state index in [0.717, 1.165) is 25.7 Å². The third-order valence-corrected chi connectivity index (χ3v) is 5.82. The summed E-state index contributed by atoms with van der Waals surface area (Å²) in [4.78, 5) is 14.2. The smallest absolute Gasteiger partial charge is 0.238 e. The summed E-state index contributed by atoms with van der Waals surface area (Å²) in [7, 11) is 1.56. The highest BCUT2D eigenvalue weighted by atomic mass is 16.5. The number of carbonyl (C=O) groups is 1. The number of amides is 1. The number of benzene rings is 1. The molecule has 1 saturated heterocycles. The van der Waals surface area contributed by atoms with Gasteiger partial charge in [0.2, 0.25) is 5.91 Å². The van der Waals surface area contributed by atoms with E-state index < -0.39 is 6.04 Å². The monoisotopic (exact) mass is 406 g/mol. The van der Waals surface area contributed by atoms with Crippen molar-refractivity contribution in [1.82, 2.24) is 10.2 Å². The van der Waals surface area contributed by atoms with E-state index in [-0.39, 0.29) is 30.6 Å². The molecule has 1 aromatic rings. The van der Waals surface area contributed by atoms with E-state index in [1.165, 1.54) is 0 Å². The lowest BCUT2D eigenvalue weighted by molar-refractivity contribution is -0.131. The van der Waals surface area contributed by atoms with Gasteiger partial charge in [-0.25, -0.2) is 0 Å². The fourth-order valence-corrected chi connectivity index (χ4v) is 4.17. The standard InChI is InChI=1S/C23H26N4O3/c1-3-18-7-8-19(14-25)27(18)23(28)15-26-17-5-9-20(10-6-17)30-21-11-4-16(13-24)12-22(21)29-2/h1,4,11-12,17-20,26H,5-10,15H2,2H3. The zero-order valence-electron chi connectivity index (χ0n) is 17.1. The van der Waals surface area contributed by atoms with E-state index in [0.29, 0.717) is 29.9 Å². The number of terminal acetylenes is 1. The Morgan fingerprint density at radius 2 is 1.90 bits per heavy atom. The van der Waals surface area contributed by atoms with Gasteiger partial charge < -0.3 is 19.7 Å². The van der Waals surface area contributed by atoms with Gasteiger partial charge in [-0.15, -0.1) is 6.42 Å². The lowest BCUT2D eigenvalue weighted by Gasteiger charge is -2.31. The second kappa shape index (κ2) is 10.0. The molecule has 1 heterocycles.